The molecular formula is C12H15N5O2S. The van der Waals surface area contributed by atoms with E-state index in [9.17, 15) is 9.59 Å². The Balaban J connectivity index is 1.86. The second-order valence-corrected chi connectivity index (χ2v) is 5.92. The van der Waals surface area contributed by atoms with Crippen molar-refractivity contribution < 1.29 is 9.59 Å². The average molecular weight is 293 g/mol. The van der Waals surface area contributed by atoms with Crippen molar-refractivity contribution in [1.29, 1.82) is 0 Å². The maximum atomic E-state index is 12.0. The summed E-state index contributed by atoms with van der Waals surface area (Å²) in [7, 11) is 0. The van der Waals surface area contributed by atoms with E-state index < -0.39 is 5.41 Å². The van der Waals surface area contributed by atoms with Crippen LogP contribution in [0.25, 0.3) is 0 Å². The Kier molecular flexibility index (Phi) is 3.04. The molecule has 2 aliphatic rings. The van der Waals surface area contributed by atoms with Gasteiger partial charge in [-0.2, -0.15) is 0 Å². The standard InChI is InChI=1S/C12H15N5O2S/c1-20-11-14-7(13)4-8(15-11)17-3-2-12(6-17)5-9(18)16-10(12)19/h4H,2-3,5-6H2,1H3,(H2,13,14,15)(H,16,18,19)/t12-/m0/s1. The molecule has 7 nitrogen and oxygen atoms in total. The van der Waals surface area contributed by atoms with Crippen molar-refractivity contribution in [3.63, 3.8) is 0 Å². The largest absolute Gasteiger partial charge is 0.383 e. The van der Waals surface area contributed by atoms with Crippen LogP contribution in [-0.4, -0.2) is 41.1 Å². The summed E-state index contributed by atoms with van der Waals surface area (Å²) in [5.74, 6) is 0.763. The molecule has 3 N–H and O–H groups in total. The summed E-state index contributed by atoms with van der Waals surface area (Å²) >= 11 is 1.42. The number of carbonyl (C=O) groups excluding carboxylic acids is 2. The predicted molar refractivity (Wildman–Crippen MR) is 75.3 cm³/mol. The first kappa shape index (κ1) is 13.2. The minimum Gasteiger partial charge on any atom is -0.383 e. The number of thioether (sulfide) groups is 1. The summed E-state index contributed by atoms with van der Waals surface area (Å²) in [6.45, 7) is 1.18. The summed E-state index contributed by atoms with van der Waals surface area (Å²) < 4.78 is 0. The molecule has 1 atom stereocenters. The van der Waals surface area contributed by atoms with Crippen molar-refractivity contribution in [2.24, 2.45) is 5.41 Å². The third-order valence-electron chi connectivity index (χ3n) is 3.81. The Morgan fingerprint density at radius 1 is 1.45 bits per heavy atom. The number of nitrogens with zero attached hydrogens (tertiary/aromatic N) is 3. The van der Waals surface area contributed by atoms with Gasteiger partial charge in [0.05, 0.1) is 5.41 Å². The van der Waals surface area contributed by atoms with Crippen LogP contribution in [0.4, 0.5) is 11.6 Å². The number of rotatable bonds is 2. The zero-order chi connectivity index (χ0) is 14.3. The van der Waals surface area contributed by atoms with Gasteiger partial charge < -0.3 is 10.6 Å². The molecule has 3 rings (SSSR count). The third-order valence-corrected chi connectivity index (χ3v) is 4.35. The number of imide groups is 1. The van der Waals surface area contributed by atoms with Crippen molar-refractivity contribution in [2.45, 2.75) is 18.0 Å². The minimum absolute atomic E-state index is 0.169. The summed E-state index contributed by atoms with van der Waals surface area (Å²) in [6, 6.07) is 1.70. The summed E-state index contributed by atoms with van der Waals surface area (Å²) in [5, 5.41) is 2.99. The normalized spacial score (nSPS) is 25.6. The number of aromatic nitrogens is 2. The van der Waals surface area contributed by atoms with Crippen LogP contribution in [0.1, 0.15) is 12.8 Å². The number of anilines is 2. The van der Waals surface area contributed by atoms with Crippen LogP contribution >= 0.6 is 11.8 Å². The van der Waals surface area contributed by atoms with Crippen molar-refractivity contribution >= 4 is 35.2 Å². The highest BCUT2D eigenvalue weighted by molar-refractivity contribution is 7.98. The Labute approximate surface area is 120 Å². The van der Waals surface area contributed by atoms with Crippen LogP contribution in [-0.2, 0) is 9.59 Å². The molecule has 8 heteroatoms. The molecule has 0 unspecified atom stereocenters. The molecule has 0 bridgehead atoms. The number of hydrogen-bond donors (Lipinski definition) is 2. The molecule has 2 fully saturated rings. The molecule has 2 saturated heterocycles. The smallest absolute Gasteiger partial charge is 0.235 e. The lowest BCUT2D eigenvalue weighted by Crippen LogP contribution is -2.34. The highest BCUT2D eigenvalue weighted by atomic mass is 32.2. The lowest BCUT2D eigenvalue weighted by Gasteiger charge is -2.21. The van der Waals surface area contributed by atoms with E-state index in [1.165, 1.54) is 11.8 Å². The van der Waals surface area contributed by atoms with Gasteiger partial charge in [-0.25, -0.2) is 9.97 Å². The van der Waals surface area contributed by atoms with E-state index >= 15 is 0 Å². The first-order chi connectivity index (χ1) is 9.52. The van der Waals surface area contributed by atoms with E-state index in [2.05, 4.69) is 15.3 Å². The number of hydrogen-bond acceptors (Lipinski definition) is 7. The van der Waals surface area contributed by atoms with Gasteiger partial charge >= 0.3 is 0 Å². The number of nitrogen functional groups attached to an aromatic ring is 1. The van der Waals surface area contributed by atoms with Crippen LogP contribution < -0.4 is 16.0 Å². The zero-order valence-electron chi connectivity index (χ0n) is 11.0. The van der Waals surface area contributed by atoms with Gasteiger partial charge in [-0.1, -0.05) is 11.8 Å². The van der Waals surface area contributed by atoms with Crippen LogP contribution in [0.15, 0.2) is 11.2 Å². The maximum Gasteiger partial charge on any atom is 0.235 e. The highest BCUT2D eigenvalue weighted by Crippen LogP contribution is 2.39. The van der Waals surface area contributed by atoms with Crippen LogP contribution in [0, 0.1) is 5.41 Å². The molecule has 0 aromatic carbocycles. The SMILES string of the molecule is CSc1nc(N)cc(N2CC[C@]3(CC(=O)NC3=O)C2)n1. The lowest BCUT2D eigenvalue weighted by molar-refractivity contribution is -0.127. The fourth-order valence-electron chi connectivity index (χ4n) is 2.77. The fraction of sp³-hybridized carbons (Fsp3) is 0.500. The molecule has 2 aliphatic heterocycles. The second-order valence-electron chi connectivity index (χ2n) is 5.14. The molecular weight excluding hydrogens is 278 g/mol. The predicted octanol–water partition coefficient (Wildman–Crippen LogP) is 0.0237. The molecule has 2 amide bonds. The topological polar surface area (TPSA) is 101 Å². The summed E-state index contributed by atoms with van der Waals surface area (Å²) in [6.07, 6.45) is 2.80. The van der Waals surface area contributed by atoms with Gasteiger partial charge in [-0.15, -0.1) is 0 Å². The molecule has 106 valence electrons. The first-order valence-electron chi connectivity index (χ1n) is 6.30. The molecule has 0 aliphatic carbocycles. The Morgan fingerprint density at radius 3 is 2.90 bits per heavy atom. The maximum absolute atomic E-state index is 12.0. The fourth-order valence-corrected chi connectivity index (χ4v) is 3.15. The van der Waals surface area contributed by atoms with Gasteiger partial charge in [-0.3, -0.25) is 14.9 Å². The van der Waals surface area contributed by atoms with Crippen LogP contribution in [0.5, 0.6) is 0 Å². The van der Waals surface area contributed by atoms with Crippen molar-refractivity contribution in [3.05, 3.63) is 6.07 Å². The molecule has 1 spiro atoms. The molecule has 0 saturated carbocycles. The zero-order valence-corrected chi connectivity index (χ0v) is 11.9. The van der Waals surface area contributed by atoms with Gasteiger partial charge in [0.1, 0.15) is 11.6 Å². The van der Waals surface area contributed by atoms with Crippen LogP contribution in [0.3, 0.4) is 0 Å². The second kappa shape index (κ2) is 4.62. The molecule has 20 heavy (non-hydrogen) atoms. The Hall–Kier alpha value is -1.83. The summed E-state index contributed by atoms with van der Waals surface area (Å²) in [5.41, 5.74) is 5.17. The van der Waals surface area contributed by atoms with E-state index in [0.717, 1.165) is 0 Å². The van der Waals surface area contributed by atoms with E-state index in [0.29, 0.717) is 36.3 Å². The number of nitrogens with one attached hydrogen (secondary N) is 1. The van der Waals surface area contributed by atoms with E-state index in [4.69, 9.17) is 5.73 Å². The number of nitrogens with two attached hydrogens (primary N) is 1. The monoisotopic (exact) mass is 293 g/mol. The molecule has 1 aromatic rings. The molecule has 3 heterocycles. The highest BCUT2D eigenvalue weighted by Gasteiger charge is 2.51. The molecule has 0 radical (unpaired) electrons. The Bertz CT molecular complexity index is 593. The van der Waals surface area contributed by atoms with Gasteiger partial charge in [-0.05, 0) is 12.7 Å². The minimum atomic E-state index is -0.601. The van der Waals surface area contributed by atoms with Crippen molar-refractivity contribution in [1.82, 2.24) is 15.3 Å². The van der Waals surface area contributed by atoms with Gasteiger partial charge in [0, 0.05) is 25.6 Å². The molecule has 1 aromatic heterocycles. The van der Waals surface area contributed by atoms with Crippen molar-refractivity contribution in [3.8, 4) is 0 Å². The van der Waals surface area contributed by atoms with E-state index in [1.807, 2.05) is 11.2 Å². The average Bonchev–Trinajstić information content (AvgIpc) is 2.94. The van der Waals surface area contributed by atoms with Gasteiger partial charge in [0.25, 0.3) is 0 Å². The van der Waals surface area contributed by atoms with E-state index in [1.54, 1.807) is 6.07 Å². The Morgan fingerprint density at radius 2 is 2.25 bits per heavy atom. The first-order valence-corrected chi connectivity index (χ1v) is 7.53. The van der Waals surface area contributed by atoms with Gasteiger partial charge in [0.15, 0.2) is 5.16 Å². The quantitative estimate of drug-likeness (QED) is 0.450. The van der Waals surface area contributed by atoms with Crippen LogP contribution in [0.2, 0.25) is 0 Å². The van der Waals surface area contributed by atoms with Gasteiger partial charge in [0.2, 0.25) is 11.8 Å². The number of carbonyl (C=O) groups is 2. The lowest BCUT2D eigenvalue weighted by atomic mass is 9.85. The van der Waals surface area contributed by atoms with Crippen molar-refractivity contribution in [2.75, 3.05) is 30.0 Å². The third kappa shape index (κ3) is 2.09. The van der Waals surface area contributed by atoms with E-state index in [-0.39, 0.29) is 18.2 Å². The summed E-state index contributed by atoms with van der Waals surface area (Å²) in [4.78, 5) is 33.9. The number of amides is 2.